The summed E-state index contributed by atoms with van der Waals surface area (Å²) < 4.78 is 0. The van der Waals surface area contributed by atoms with E-state index in [1.54, 1.807) is 0 Å². The quantitative estimate of drug-likeness (QED) is 0.449. The molecular formula is C10H22N2. The van der Waals surface area contributed by atoms with Crippen LogP contribution < -0.4 is 11.1 Å². The molecule has 0 aliphatic rings. The van der Waals surface area contributed by atoms with Crippen LogP contribution in [0.1, 0.15) is 26.7 Å². The van der Waals surface area contributed by atoms with Gasteiger partial charge in [0.05, 0.1) is 0 Å². The van der Waals surface area contributed by atoms with E-state index in [0.29, 0.717) is 12.0 Å². The van der Waals surface area contributed by atoms with Gasteiger partial charge in [-0.3, -0.25) is 0 Å². The topological polar surface area (TPSA) is 38.0 Å². The Labute approximate surface area is 76.2 Å². The van der Waals surface area contributed by atoms with Crippen molar-refractivity contribution in [2.75, 3.05) is 13.1 Å². The maximum atomic E-state index is 5.61. The molecule has 0 aromatic rings. The summed E-state index contributed by atoms with van der Waals surface area (Å²) in [6.07, 6.45) is 4.20. The first-order valence-electron chi connectivity index (χ1n) is 4.76. The van der Waals surface area contributed by atoms with Crippen LogP contribution in [0.3, 0.4) is 0 Å². The highest BCUT2D eigenvalue weighted by Crippen LogP contribution is 1.99. The molecule has 2 nitrogen and oxygen atoms in total. The molecule has 12 heavy (non-hydrogen) atoms. The second-order valence-electron chi connectivity index (χ2n) is 3.47. The van der Waals surface area contributed by atoms with E-state index in [0.717, 1.165) is 25.9 Å². The average molecular weight is 170 g/mol. The Morgan fingerprint density at radius 2 is 2.17 bits per heavy atom. The Kier molecular flexibility index (Phi) is 7.11. The lowest BCUT2D eigenvalue weighted by atomic mass is 10.0. The maximum absolute atomic E-state index is 5.61. The highest BCUT2D eigenvalue weighted by atomic mass is 14.9. The summed E-state index contributed by atoms with van der Waals surface area (Å²) in [7, 11) is 0. The fourth-order valence-corrected chi connectivity index (χ4v) is 1.13. The van der Waals surface area contributed by atoms with Crippen molar-refractivity contribution in [3.63, 3.8) is 0 Å². The van der Waals surface area contributed by atoms with E-state index < -0.39 is 0 Å². The van der Waals surface area contributed by atoms with Crippen molar-refractivity contribution in [3.05, 3.63) is 12.7 Å². The van der Waals surface area contributed by atoms with Crippen LogP contribution in [0.2, 0.25) is 0 Å². The summed E-state index contributed by atoms with van der Waals surface area (Å²) in [6.45, 7) is 9.84. The van der Waals surface area contributed by atoms with E-state index in [1.165, 1.54) is 0 Å². The molecule has 0 rings (SSSR count). The molecule has 72 valence electrons. The third-order valence-electron chi connectivity index (χ3n) is 2.05. The van der Waals surface area contributed by atoms with Crippen molar-refractivity contribution in [3.8, 4) is 0 Å². The summed E-state index contributed by atoms with van der Waals surface area (Å²) in [5.74, 6) is 0.624. The van der Waals surface area contributed by atoms with Gasteiger partial charge in [0.1, 0.15) is 0 Å². The Hall–Kier alpha value is -0.340. The van der Waals surface area contributed by atoms with Gasteiger partial charge in [0.2, 0.25) is 0 Å². The third-order valence-corrected chi connectivity index (χ3v) is 2.05. The normalized spacial score (nSPS) is 13.3. The van der Waals surface area contributed by atoms with Gasteiger partial charge in [-0.1, -0.05) is 19.9 Å². The molecule has 0 aromatic carbocycles. The minimum Gasteiger partial charge on any atom is -0.329 e. The second-order valence-corrected chi connectivity index (χ2v) is 3.47. The van der Waals surface area contributed by atoms with Crippen molar-refractivity contribution in [1.82, 2.24) is 5.32 Å². The van der Waals surface area contributed by atoms with E-state index in [-0.39, 0.29) is 0 Å². The van der Waals surface area contributed by atoms with E-state index in [1.807, 2.05) is 6.08 Å². The smallest absolute Gasteiger partial charge is 0.0213 e. The molecule has 0 aromatic heterocycles. The van der Waals surface area contributed by atoms with Gasteiger partial charge in [-0.15, -0.1) is 6.58 Å². The predicted octanol–water partition coefficient (Wildman–Crippen LogP) is 1.53. The average Bonchev–Trinajstić information content (AvgIpc) is 2.04. The van der Waals surface area contributed by atoms with Crippen LogP contribution in [0.15, 0.2) is 12.7 Å². The number of hydrogen-bond acceptors (Lipinski definition) is 2. The van der Waals surface area contributed by atoms with E-state index in [2.05, 4.69) is 25.7 Å². The minimum atomic E-state index is 0.467. The first kappa shape index (κ1) is 11.7. The lowest BCUT2D eigenvalue weighted by molar-refractivity contribution is 0.404. The number of nitrogens with one attached hydrogen (secondary N) is 1. The maximum Gasteiger partial charge on any atom is 0.0213 e. The number of hydrogen-bond donors (Lipinski definition) is 2. The van der Waals surface area contributed by atoms with Crippen LogP contribution in [-0.2, 0) is 0 Å². The highest BCUT2D eigenvalue weighted by molar-refractivity contribution is 4.72. The molecule has 2 heteroatoms. The van der Waals surface area contributed by atoms with Gasteiger partial charge in [-0.05, 0) is 25.3 Å². The molecule has 0 saturated heterocycles. The molecule has 0 spiro atoms. The van der Waals surface area contributed by atoms with Gasteiger partial charge in [0.15, 0.2) is 0 Å². The van der Waals surface area contributed by atoms with Crippen LogP contribution in [0.5, 0.6) is 0 Å². The minimum absolute atomic E-state index is 0.467. The first-order valence-corrected chi connectivity index (χ1v) is 4.76. The Bertz CT molecular complexity index is 110. The number of allylic oxidation sites excluding steroid dienone is 1. The van der Waals surface area contributed by atoms with Crippen LogP contribution in [0.4, 0.5) is 0 Å². The number of rotatable bonds is 7. The van der Waals surface area contributed by atoms with Crippen LogP contribution >= 0.6 is 0 Å². The number of unbranched alkanes of at least 4 members (excludes halogenated alkanes) is 1. The first-order chi connectivity index (χ1) is 5.72. The fourth-order valence-electron chi connectivity index (χ4n) is 1.13. The Morgan fingerprint density at radius 1 is 1.50 bits per heavy atom. The fraction of sp³-hybridized carbons (Fsp3) is 0.800. The molecule has 0 heterocycles. The Balaban J connectivity index is 3.38. The molecule has 0 saturated carbocycles. The standard InChI is InChI=1S/C10H22N2/c1-4-5-6-7-12-10(8-11)9(2)3/h4,9-10,12H,1,5-8,11H2,2-3H3. The van der Waals surface area contributed by atoms with Gasteiger partial charge < -0.3 is 11.1 Å². The molecule has 0 amide bonds. The molecule has 1 unspecified atom stereocenters. The molecule has 0 aliphatic heterocycles. The van der Waals surface area contributed by atoms with Gasteiger partial charge in [0.25, 0.3) is 0 Å². The summed E-state index contributed by atoms with van der Waals surface area (Å²) in [5, 5.41) is 3.43. The molecule has 3 N–H and O–H groups in total. The third kappa shape index (κ3) is 5.33. The zero-order chi connectivity index (χ0) is 9.40. The van der Waals surface area contributed by atoms with Gasteiger partial charge in [-0.25, -0.2) is 0 Å². The molecule has 0 radical (unpaired) electrons. The lowest BCUT2D eigenvalue weighted by Crippen LogP contribution is -2.40. The number of nitrogens with two attached hydrogens (primary N) is 1. The largest absolute Gasteiger partial charge is 0.329 e. The molecule has 0 fully saturated rings. The monoisotopic (exact) mass is 170 g/mol. The zero-order valence-electron chi connectivity index (χ0n) is 8.34. The van der Waals surface area contributed by atoms with E-state index in [9.17, 15) is 0 Å². The van der Waals surface area contributed by atoms with Crippen molar-refractivity contribution in [1.29, 1.82) is 0 Å². The van der Waals surface area contributed by atoms with Crippen molar-refractivity contribution in [2.24, 2.45) is 11.7 Å². The molecular weight excluding hydrogens is 148 g/mol. The lowest BCUT2D eigenvalue weighted by Gasteiger charge is -2.20. The molecule has 1 atom stereocenters. The van der Waals surface area contributed by atoms with Gasteiger partial charge in [-0.2, -0.15) is 0 Å². The van der Waals surface area contributed by atoms with Crippen LogP contribution in [0, 0.1) is 5.92 Å². The van der Waals surface area contributed by atoms with Crippen LogP contribution in [-0.4, -0.2) is 19.1 Å². The zero-order valence-corrected chi connectivity index (χ0v) is 8.34. The van der Waals surface area contributed by atoms with Crippen molar-refractivity contribution >= 4 is 0 Å². The molecule has 0 bridgehead atoms. The highest BCUT2D eigenvalue weighted by Gasteiger charge is 2.08. The second kappa shape index (κ2) is 7.32. The summed E-state index contributed by atoms with van der Waals surface area (Å²) in [5.41, 5.74) is 5.61. The Morgan fingerprint density at radius 3 is 2.58 bits per heavy atom. The van der Waals surface area contributed by atoms with Crippen LogP contribution in [0.25, 0.3) is 0 Å². The van der Waals surface area contributed by atoms with E-state index in [4.69, 9.17) is 5.73 Å². The molecule has 0 aliphatic carbocycles. The summed E-state index contributed by atoms with van der Waals surface area (Å²) >= 11 is 0. The van der Waals surface area contributed by atoms with Gasteiger partial charge >= 0.3 is 0 Å². The SMILES string of the molecule is C=CCCCNC(CN)C(C)C. The van der Waals surface area contributed by atoms with Crippen molar-refractivity contribution < 1.29 is 0 Å². The predicted molar refractivity (Wildman–Crippen MR) is 55.1 cm³/mol. The van der Waals surface area contributed by atoms with Crippen molar-refractivity contribution in [2.45, 2.75) is 32.7 Å². The summed E-state index contributed by atoms with van der Waals surface area (Å²) in [4.78, 5) is 0. The van der Waals surface area contributed by atoms with E-state index >= 15 is 0 Å². The van der Waals surface area contributed by atoms with Gasteiger partial charge in [0, 0.05) is 12.6 Å². The summed E-state index contributed by atoms with van der Waals surface area (Å²) in [6, 6.07) is 0.467.